The van der Waals surface area contributed by atoms with E-state index in [2.05, 4.69) is 6.07 Å². The van der Waals surface area contributed by atoms with Gasteiger partial charge in [0, 0.05) is 31.8 Å². The van der Waals surface area contributed by atoms with Crippen molar-refractivity contribution in [2.24, 2.45) is 0 Å². The predicted molar refractivity (Wildman–Crippen MR) is 112 cm³/mol. The van der Waals surface area contributed by atoms with E-state index in [1.807, 2.05) is 30.0 Å². The van der Waals surface area contributed by atoms with Crippen molar-refractivity contribution >= 4 is 15.9 Å². The van der Waals surface area contributed by atoms with Gasteiger partial charge in [0.05, 0.1) is 18.3 Å². The van der Waals surface area contributed by atoms with Crippen LogP contribution in [0.3, 0.4) is 0 Å². The molecule has 0 aromatic heterocycles. The fourth-order valence-electron chi connectivity index (χ4n) is 5.01. The van der Waals surface area contributed by atoms with Crippen molar-refractivity contribution in [3.05, 3.63) is 35.4 Å². The first-order valence-electron chi connectivity index (χ1n) is 10.7. The number of amides is 1. The second kappa shape index (κ2) is 8.00. The topological polar surface area (TPSA) is 66.9 Å². The maximum atomic E-state index is 12.7. The number of piperidine rings is 1. The Morgan fingerprint density at radius 1 is 1.21 bits per heavy atom. The molecule has 29 heavy (non-hydrogen) atoms. The molecule has 1 amide bonds. The first-order valence-corrected chi connectivity index (χ1v) is 12.6. The highest BCUT2D eigenvalue weighted by molar-refractivity contribution is 7.88. The minimum absolute atomic E-state index is 0.0285. The van der Waals surface area contributed by atoms with Gasteiger partial charge in [0.2, 0.25) is 15.9 Å². The number of sulfonamides is 1. The Morgan fingerprint density at radius 3 is 2.55 bits per heavy atom. The standard InChI is InChI=1S/C22H32N2O4S/c1-17-4-3-5-18(14-17)15-21(25)23-11-9-22(10-12-23)16-20(8-13-28-22)24(19-6-7-19)29(2,26)27/h3-5,14,19-20H,6-13,15-16H2,1-2H3. The summed E-state index contributed by atoms with van der Waals surface area (Å²) in [5.74, 6) is 0.161. The van der Waals surface area contributed by atoms with Gasteiger partial charge >= 0.3 is 0 Å². The van der Waals surface area contributed by atoms with Gasteiger partial charge in [0.15, 0.2) is 0 Å². The summed E-state index contributed by atoms with van der Waals surface area (Å²) in [6.07, 6.45) is 6.79. The van der Waals surface area contributed by atoms with Crippen LogP contribution < -0.4 is 0 Å². The smallest absolute Gasteiger partial charge is 0.226 e. The predicted octanol–water partition coefficient (Wildman–Crippen LogP) is 2.50. The molecule has 1 saturated carbocycles. The molecule has 0 bridgehead atoms. The Kier molecular flexibility index (Phi) is 5.75. The first kappa shape index (κ1) is 20.8. The van der Waals surface area contributed by atoms with Gasteiger partial charge in [-0.2, -0.15) is 4.31 Å². The zero-order valence-electron chi connectivity index (χ0n) is 17.5. The van der Waals surface area contributed by atoms with Crippen LogP contribution in [0.25, 0.3) is 0 Å². The molecule has 2 aliphatic heterocycles. The summed E-state index contributed by atoms with van der Waals surface area (Å²) in [6.45, 7) is 4.00. The average molecular weight is 421 g/mol. The number of ether oxygens (including phenoxy) is 1. The number of carbonyl (C=O) groups is 1. The van der Waals surface area contributed by atoms with Gasteiger partial charge in [0.25, 0.3) is 0 Å². The van der Waals surface area contributed by atoms with Crippen LogP contribution in [0.5, 0.6) is 0 Å². The largest absolute Gasteiger partial charge is 0.375 e. The fraction of sp³-hybridized carbons (Fsp3) is 0.682. The summed E-state index contributed by atoms with van der Waals surface area (Å²) < 4.78 is 32.7. The average Bonchev–Trinajstić information content (AvgIpc) is 3.46. The summed E-state index contributed by atoms with van der Waals surface area (Å²) in [5, 5.41) is 0. The second-order valence-corrected chi connectivity index (χ2v) is 10.9. The lowest BCUT2D eigenvalue weighted by molar-refractivity contribution is -0.146. The lowest BCUT2D eigenvalue weighted by Gasteiger charge is -2.48. The third kappa shape index (κ3) is 4.84. The Balaban J connectivity index is 1.37. The molecule has 7 heteroatoms. The molecule has 2 heterocycles. The number of likely N-dealkylation sites (tertiary alicyclic amines) is 1. The van der Waals surface area contributed by atoms with E-state index in [1.165, 1.54) is 11.8 Å². The monoisotopic (exact) mass is 420 g/mol. The van der Waals surface area contributed by atoms with Gasteiger partial charge in [0.1, 0.15) is 0 Å². The minimum Gasteiger partial charge on any atom is -0.375 e. The number of hydrogen-bond donors (Lipinski definition) is 0. The van der Waals surface area contributed by atoms with Crippen molar-refractivity contribution in [1.82, 2.24) is 9.21 Å². The van der Waals surface area contributed by atoms with Crippen LogP contribution in [0.15, 0.2) is 24.3 Å². The van der Waals surface area contributed by atoms with E-state index in [-0.39, 0.29) is 23.6 Å². The van der Waals surface area contributed by atoms with Crippen LogP contribution in [0, 0.1) is 6.92 Å². The summed E-state index contributed by atoms with van der Waals surface area (Å²) in [6, 6.07) is 8.31. The summed E-state index contributed by atoms with van der Waals surface area (Å²) in [5.41, 5.74) is 1.93. The van der Waals surface area contributed by atoms with Gasteiger partial charge in [-0.3, -0.25) is 4.79 Å². The molecule has 6 nitrogen and oxygen atoms in total. The van der Waals surface area contributed by atoms with E-state index in [0.29, 0.717) is 26.1 Å². The SMILES string of the molecule is Cc1cccc(CC(=O)N2CCC3(CC2)CC(N(C2CC2)S(C)(=O)=O)CCO3)c1. The zero-order chi connectivity index (χ0) is 20.6. The summed E-state index contributed by atoms with van der Waals surface area (Å²) in [4.78, 5) is 14.7. The Hall–Kier alpha value is -1.44. The molecular weight excluding hydrogens is 388 g/mol. The quantitative estimate of drug-likeness (QED) is 0.734. The number of carbonyl (C=O) groups excluding carboxylic acids is 1. The van der Waals surface area contributed by atoms with Crippen molar-refractivity contribution in [3.63, 3.8) is 0 Å². The molecular formula is C22H32N2O4S. The van der Waals surface area contributed by atoms with E-state index < -0.39 is 10.0 Å². The van der Waals surface area contributed by atoms with E-state index in [0.717, 1.165) is 44.1 Å². The molecule has 1 aliphatic carbocycles. The number of nitrogens with zero attached hydrogens (tertiary/aromatic N) is 2. The summed E-state index contributed by atoms with van der Waals surface area (Å²) in [7, 11) is -3.21. The first-order chi connectivity index (χ1) is 13.8. The van der Waals surface area contributed by atoms with Gasteiger partial charge in [-0.15, -0.1) is 0 Å². The van der Waals surface area contributed by atoms with Crippen LogP contribution in [0.4, 0.5) is 0 Å². The number of benzene rings is 1. The minimum atomic E-state index is -3.21. The molecule has 3 fully saturated rings. The van der Waals surface area contributed by atoms with Crippen molar-refractivity contribution in [3.8, 4) is 0 Å². The van der Waals surface area contributed by atoms with E-state index in [9.17, 15) is 13.2 Å². The lowest BCUT2D eigenvalue weighted by Crippen LogP contribution is -2.55. The van der Waals surface area contributed by atoms with Crippen molar-refractivity contribution in [1.29, 1.82) is 0 Å². The Bertz CT molecular complexity index is 857. The molecule has 1 unspecified atom stereocenters. The maximum absolute atomic E-state index is 12.7. The molecule has 1 atom stereocenters. The highest BCUT2D eigenvalue weighted by atomic mass is 32.2. The van der Waals surface area contributed by atoms with Gasteiger partial charge in [-0.1, -0.05) is 29.8 Å². The van der Waals surface area contributed by atoms with Crippen LogP contribution in [-0.4, -0.2) is 67.2 Å². The number of aryl methyl sites for hydroxylation is 1. The molecule has 4 rings (SSSR count). The van der Waals surface area contributed by atoms with Crippen molar-refractivity contribution < 1.29 is 17.9 Å². The molecule has 3 aliphatic rings. The fourth-order valence-corrected chi connectivity index (χ4v) is 6.48. The molecule has 1 spiro atoms. The number of hydrogen-bond acceptors (Lipinski definition) is 4. The molecule has 160 valence electrons. The van der Waals surface area contributed by atoms with Crippen molar-refractivity contribution in [2.75, 3.05) is 26.0 Å². The van der Waals surface area contributed by atoms with Crippen LogP contribution in [0.1, 0.15) is 49.7 Å². The molecule has 2 saturated heterocycles. The lowest BCUT2D eigenvalue weighted by atomic mass is 9.82. The van der Waals surface area contributed by atoms with E-state index in [4.69, 9.17) is 4.74 Å². The third-order valence-electron chi connectivity index (χ3n) is 6.58. The van der Waals surface area contributed by atoms with Gasteiger partial charge < -0.3 is 9.64 Å². The second-order valence-electron chi connectivity index (χ2n) is 9.05. The van der Waals surface area contributed by atoms with Crippen LogP contribution >= 0.6 is 0 Å². The normalized spacial score (nSPS) is 24.8. The molecule has 0 N–H and O–H groups in total. The highest BCUT2D eigenvalue weighted by Crippen LogP contribution is 2.41. The Labute approximate surface area is 174 Å². The highest BCUT2D eigenvalue weighted by Gasteiger charge is 2.47. The third-order valence-corrected chi connectivity index (χ3v) is 7.94. The molecule has 1 aromatic carbocycles. The zero-order valence-corrected chi connectivity index (χ0v) is 18.3. The van der Waals surface area contributed by atoms with Crippen LogP contribution in [-0.2, 0) is 26.0 Å². The van der Waals surface area contributed by atoms with Crippen molar-refractivity contribution in [2.45, 2.75) is 69.6 Å². The van der Waals surface area contributed by atoms with E-state index >= 15 is 0 Å². The van der Waals surface area contributed by atoms with Crippen LogP contribution in [0.2, 0.25) is 0 Å². The summed E-state index contributed by atoms with van der Waals surface area (Å²) >= 11 is 0. The number of rotatable bonds is 5. The molecule has 1 aromatic rings. The Morgan fingerprint density at radius 2 is 1.93 bits per heavy atom. The van der Waals surface area contributed by atoms with Gasteiger partial charge in [-0.05, 0) is 51.0 Å². The molecule has 0 radical (unpaired) electrons. The maximum Gasteiger partial charge on any atom is 0.226 e. The van der Waals surface area contributed by atoms with Gasteiger partial charge in [-0.25, -0.2) is 8.42 Å². The van der Waals surface area contributed by atoms with E-state index in [1.54, 1.807) is 4.31 Å².